The highest BCUT2D eigenvalue weighted by atomic mass is 16.2. The number of carbonyl (C=O) groups is 2. The number of pyridine rings is 1. The van der Waals surface area contributed by atoms with Crippen LogP contribution in [0.3, 0.4) is 0 Å². The van der Waals surface area contributed by atoms with Crippen molar-refractivity contribution in [2.24, 2.45) is 5.92 Å². The third kappa shape index (κ3) is 5.34. The molecule has 0 aliphatic carbocycles. The van der Waals surface area contributed by atoms with Crippen molar-refractivity contribution in [3.8, 4) is 0 Å². The lowest BCUT2D eigenvalue weighted by atomic mass is 9.96. The van der Waals surface area contributed by atoms with Gasteiger partial charge in [0.2, 0.25) is 5.91 Å². The van der Waals surface area contributed by atoms with E-state index in [1.807, 2.05) is 55.1 Å². The fourth-order valence-corrected chi connectivity index (χ4v) is 3.79. The zero-order valence-electron chi connectivity index (χ0n) is 17.3. The van der Waals surface area contributed by atoms with Crippen LogP contribution in [0.2, 0.25) is 0 Å². The molecule has 2 heterocycles. The van der Waals surface area contributed by atoms with Crippen molar-refractivity contribution in [3.63, 3.8) is 0 Å². The van der Waals surface area contributed by atoms with Gasteiger partial charge >= 0.3 is 0 Å². The maximum atomic E-state index is 12.7. The summed E-state index contributed by atoms with van der Waals surface area (Å²) in [7, 11) is 0. The van der Waals surface area contributed by atoms with Gasteiger partial charge in [-0.2, -0.15) is 0 Å². The molecule has 2 amide bonds. The Morgan fingerprint density at radius 3 is 2.66 bits per heavy atom. The van der Waals surface area contributed by atoms with Crippen LogP contribution in [0.1, 0.15) is 42.6 Å². The molecule has 1 fully saturated rings. The first-order valence-electron chi connectivity index (χ1n) is 10.4. The molecule has 2 aromatic rings. The third-order valence-corrected chi connectivity index (χ3v) is 5.47. The molecule has 1 unspecified atom stereocenters. The summed E-state index contributed by atoms with van der Waals surface area (Å²) in [6, 6.07) is 13.4. The molecule has 154 valence electrons. The van der Waals surface area contributed by atoms with Gasteiger partial charge < -0.3 is 15.1 Å². The van der Waals surface area contributed by atoms with Crippen LogP contribution in [0.15, 0.2) is 48.7 Å². The lowest BCUT2D eigenvalue weighted by Crippen LogP contribution is -2.45. The first-order chi connectivity index (χ1) is 14.1. The van der Waals surface area contributed by atoms with E-state index in [0.29, 0.717) is 18.7 Å². The fraction of sp³-hybridized carbons (Fsp3) is 0.435. The Morgan fingerprint density at radius 2 is 1.93 bits per heavy atom. The lowest BCUT2D eigenvalue weighted by molar-refractivity contribution is -0.135. The predicted octanol–water partition coefficient (Wildman–Crippen LogP) is 3.10. The second-order valence-electron chi connectivity index (χ2n) is 7.37. The highest BCUT2D eigenvalue weighted by Crippen LogP contribution is 2.24. The summed E-state index contributed by atoms with van der Waals surface area (Å²) in [6.45, 7) is 7.49. The van der Waals surface area contributed by atoms with Gasteiger partial charge in [-0.3, -0.25) is 9.59 Å². The highest BCUT2D eigenvalue weighted by Gasteiger charge is 2.29. The van der Waals surface area contributed by atoms with Crippen molar-refractivity contribution in [2.45, 2.75) is 33.2 Å². The van der Waals surface area contributed by atoms with E-state index in [1.165, 1.54) is 0 Å². The molecule has 1 atom stereocenters. The van der Waals surface area contributed by atoms with Gasteiger partial charge in [0.05, 0.1) is 5.92 Å². The van der Waals surface area contributed by atoms with Crippen LogP contribution in [0, 0.1) is 5.92 Å². The number of anilines is 1. The number of nitrogens with zero attached hydrogens (tertiary/aromatic N) is 3. The van der Waals surface area contributed by atoms with Gasteiger partial charge in [-0.25, -0.2) is 4.98 Å². The summed E-state index contributed by atoms with van der Waals surface area (Å²) in [6.07, 6.45) is 3.52. The number of carbonyl (C=O) groups excluding carboxylic acids is 2. The molecule has 6 nitrogen and oxygen atoms in total. The first kappa shape index (κ1) is 20.8. The van der Waals surface area contributed by atoms with E-state index in [9.17, 15) is 9.59 Å². The zero-order chi connectivity index (χ0) is 20.6. The summed E-state index contributed by atoms with van der Waals surface area (Å²) >= 11 is 0. The molecule has 0 spiro atoms. The number of hydrogen-bond acceptors (Lipinski definition) is 4. The Morgan fingerprint density at radius 1 is 1.17 bits per heavy atom. The number of nitrogens with one attached hydrogen (secondary N) is 1. The molecule has 0 saturated carbocycles. The van der Waals surface area contributed by atoms with E-state index in [2.05, 4.69) is 15.2 Å². The Bertz CT molecular complexity index is 821. The largest absolute Gasteiger partial charge is 0.356 e. The summed E-state index contributed by atoms with van der Waals surface area (Å²) in [4.78, 5) is 33.8. The van der Waals surface area contributed by atoms with E-state index in [-0.39, 0.29) is 17.7 Å². The summed E-state index contributed by atoms with van der Waals surface area (Å²) < 4.78 is 0. The lowest BCUT2D eigenvalue weighted by Gasteiger charge is -2.35. The monoisotopic (exact) mass is 394 g/mol. The van der Waals surface area contributed by atoms with Crippen LogP contribution < -0.4 is 10.2 Å². The standard InChI is InChI=1S/C23H30N4O2/c1-3-26(4-2)23(29)20-11-8-14-27(17-20)21-15-19(12-13-24-21)22(28)25-16-18-9-6-5-7-10-18/h5-7,9-10,12-13,15,20H,3-4,8,11,14,16-17H2,1-2H3,(H,25,28). The summed E-state index contributed by atoms with van der Waals surface area (Å²) in [5.74, 6) is 0.845. The maximum absolute atomic E-state index is 12.7. The molecule has 1 N–H and O–H groups in total. The molecule has 29 heavy (non-hydrogen) atoms. The van der Waals surface area contributed by atoms with Gasteiger partial charge in [-0.1, -0.05) is 30.3 Å². The number of hydrogen-bond donors (Lipinski definition) is 1. The van der Waals surface area contributed by atoms with E-state index in [4.69, 9.17) is 0 Å². The van der Waals surface area contributed by atoms with Crippen molar-refractivity contribution in [1.82, 2.24) is 15.2 Å². The van der Waals surface area contributed by atoms with E-state index in [1.54, 1.807) is 12.3 Å². The SMILES string of the molecule is CCN(CC)C(=O)C1CCCN(c2cc(C(=O)NCc3ccccc3)ccn2)C1. The molecular formula is C23H30N4O2. The second-order valence-corrected chi connectivity index (χ2v) is 7.37. The molecule has 0 radical (unpaired) electrons. The van der Waals surface area contributed by atoms with Crippen LogP contribution in [-0.2, 0) is 11.3 Å². The van der Waals surface area contributed by atoms with Crippen molar-refractivity contribution < 1.29 is 9.59 Å². The fourth-order valence-electron chi connectivity index (χ4n) is 3.79. The summed E-state index contributed by atoms with van der Waals surface area (Å²) in [5, 5.41) is 2.96. The summed E-state index contributed by atoms with van der Waals surface area (Å²) in [5.41, 5.74) is 1.65. The van der Waals surface area contributed by atoms with Crippen LogP contribution in [0.4, 0.5) is 5.82 Å². The smallest absolute Gasteiger partial charge is 0.251 e. The Hall–Kier alpha value is -2.89. The molecule has 3 rings (SSSR count). The Kier molecular flexibility index (Phi) is 7.22. The average Bonchev–Trinajstić information content (AvgIpc) is 2.79. The van der Waals surface area contributed by atoms with Crippen molar-refractivity contribution in [3.05, 3.63) is 59.8 Å². The Labute approximate surface area is 172 Å². The van der Waals surface area contributed by atoms with Crippen molar-refractivity contribution in [2.75, 3.05) is 31.1 Å². The maximum Gasteiger partial charge on any atom is 0.251 e. The zero-order valence-corrected chi connectivity index (χ0v) is 17.3. The van der Waals surface area contributed by atoms with Crippen LogP contribution in [-0.4, -0.2) is 47.9 Å². The van der Waals surface area contributed by atoms with Crippen LogP contribution in [0.5, 0.6) is 0 Å². The van der Waals surface area contributed by atoms with Crippen LogP contribution >= 0.6 is 0 Å². The number of piperidine rings is 1. The minimum absolute atomic E-state index is 0.0130. The van der Waals surface area contributed by atoms with Gasteiger partial charge in [-0.15, -0.1) is 0 Å². The molecular weight excluding hydrogens is 364 g/mol. The topological polar surface area (TPSA) is 65.5 Å². The minimum Gasteiger partial charge on any atom is -0.356 e. The minimum atomic E-state index is -0.120. The van der Waals surface area contributed by atoms with Crippen molar-refractivity contribution in [1.29, 1.82) is 0 Å². The normalized spacial score (nSPS) is 16.3. The second kappa shape index (κ2) is 10.0. The van der Waals surface area contributed by atoms with Gasteiger partial charge in [0, 0.05) is 44.5 Å². The number of rotatable bonds is 7. The Balaban J connectivity index is 1.65. The van der Waals surface area contributed by atoms with E-state index >= 15 is 0 Å². The van der Waals surface area contributed by atoms with E-state index < -0.39 is 0 Å². The molecule has 1 aromatic heterocycles. The number of amides is 2. The quantitative estimate of drug-likeness (QED) is 0.784. The molecule has 1 aliphatic heterocycles. The molecule has 1 aliphatic rings. The van der Waals surface area contributed by atoms with Crippen LogP contribution in [0.25, 0.3) is 0 Å². The molecule has 6 heteroatoms. The molecule has 1 aromatic carbocycles. The number of benzene rings is 1. The van der Waals surface area contributed by atoms with Gasteiger partial charge in [0.15, 0.2) is 0 Å². The third-order valence-electron chi connectivity index (χ3n) is 5.47. The van der Waals surface area contributed by atoms with Gasteiger partial charge in [-0.05, 0) is 44.4 Å². The highest BCUT2D eigenvalue weighted by molar-refractivity contribution is 5.94. The van der Waals surface area contributed by atoms with Gasteiger partial charge in [0.1, 0.15) is 5.82 Å². The van der Waals surface area contributed by atoms with Crippen molar-refractivity contribution >= 4 is 17.6 Å². The van der Waals surface area contributed by atoms with E-state index in [0.717, 1.165) is 43.9 Å². The number of aromatic nitrogens is 1. The molecule has 0 bridgehead atoms. The average molecular weight is 395 g/mol. The first-order valence-corrected chi connectivity index (χ1v) is 10.4. The predicted molar refractivity (Wildman–Crippen MR) is 115 cm³/mol. The molecule has 1 saturated heterocycles. The van der Waals surface area contributed by atoms with Gasteiger partial charge in [0.25, 0.3) is 5.91 Å².